The molecule has 0 amide bonds. The summed E-state index contributed by atoms with van der Waals surface area (Å²) >= 11 is 7.60. The molecule has 3 N–H and O–H groups in total. The highest BCUT2D eigenvalue weighted by Gasteiger charge is 2.08. The van der Waals surface area contributed by atoms with Crippen molar-refractivity contribution in [3.8, 4) is 0 Å². The second-order valence-corrected chi connectivity index (χ2v) is 5.36. The van der Waals surface area contributed by atoms with E-state index in [9.17, 15) is 4.39 Å². The van der Waals surface area contributed by atoms with E-state index in [1.54, 1.807) is 6.07 Å². The molecule has 0 aliphatic carbocycles. The maximum atomic E-state index is 13.2. The average molecular weight is 295 g/mol. The maximum absolute atomic E-state index is 13.2. The van der Waals surface area contributed by atoms with E-state index in [2.05, 4.69) is 0 Å². The van der Waals surface area contributed by atoms with E-state index in [-0.39, 0.29) is 5.84 Å². The molecule has 0 aliphatic heterocycles. The number of nitrogens with one attached hydrogen (secondary N) is 1. The Bertz CT molecular complexity index is 616. The largest absolute Gasteiger partial charge is 0.384 e. The number of rotatable bonds is 4. The molecule has 5 heteroatoms. The minimum atomic E-state index is -0.392. The predicted molar refractivity (Wildman–Crippen MR) is 78.4 cm³/mol. The third-order valence-corrected chi connectivity index (χ3v) is 4.15. The summed E-state index contributed by atoms with van der Waals surface area (Å²) in [5, 5.41) is 8.15. The zero-order valence-electron chi connectivity index (χ0n) is 9.99. The van der Waals surface area contributed by atoms with Gasteiger partial charge < -0.3 is 5.73 Å². The molecule has 19 heavy (non-hydrogen) atoms. The summed E-state index contributed by atoms with van der Waals surface area (Å²) in [5.74, 6) is 0.0600. The minimum absolute atomic E-state index is 0.130. The summed E-state index contributed by atoms with van der Waals surface area (Å²) in [4.78, 5) is 0.947. The van der Waals surface area contributed by atoms with Crippen molar-refractivity contribution in [3.63, 3.8) is 0 Å². The molecule has 0 aliphatic rings. The summed E-state index contributed by atoms with van der Waals surface area (Å²) in [6, 6.07) is 11.8. The Balaban J connectivity index is 2.20. The van der Waals surface area contributed by atoms with Crippen LogP contribution in [0.2, 0.25) is 5.02 Å². The van der Waals surface area contributed by atoms with Crippen molar-refractivity contribution in [1.82, 2.24) is 0 Å². The van der Waals surface area contributed by atoms with Gasteiger partial charge in [-0.3, -0.25) is 5.41 Å². The molecule has 2 aromatic rings. The second-order valence-electron chi connectivity index (χ2n) is 3.93. The van der Waals surface area contributed by atoms with Gasteiger partial charge in [0.1, 0.15) is 11.7 Å². The highest BCUT2D eigenvalue weighted by Crippen LogP contribution is 2.30. The second kappa shape index (κ2) is 6.08. The molecule has 2 rings (SSSR count). The maximum Gasteiger partial charge on any atom is 0.123 e. The lowest BCUT2D eigenvalue weighted by atomic mass is 10.1. The molecule has 0 heterocycles. The Labute approximate surface area is 120 Å². The predicted octanol–water partition coefficient (Wildman–Crippen LogP) is 4.06. The van der Waals surface area contributed by atoms with Crippen LogP contribution in [0, 0.1) is 11.2 Å². The van der Waals surface area contributed by atoms with Gasteiger partial charge in [0.15, 0.2) is 0 Å². The van der Waals surface area contributed by atoms with Crippen LogP contribution in [0.1, 0.15) is 11.1 Å². The number of thioether (sulfide) groups is 1. The van der Waals surface area contributed by atoms with Gasteiger partial charge >= 0.3 is 0 Å². The highest BCUT2D eigenvalue weighted by atomic mass is 35.5. The fourth-order valence-electron chi connectivity index (χ4n) is 1.64. The van der Waals surface area contributed by atoms with Crippen LogP contribution < -0.4 is 5.73 Å². The van der Waals surface area contributed by atoms with E-state index < -0.39 is 5.82 Å². The Morgan fingerprint density at radius 3 is 2.68 bits per heavy atom. The monoisotopic (exact) mass is 294 g/mol. The summed E-state index contributed by atoms with van der Waals surface area (Å²) in [6.07, 6.45) is 0. The van der Waals surface area contributed by atoms with Gasteiger partial charge in [-0.2, -0.15) is 0 Å². The van der Waals surface area contributed by atoms with Crippen molar-refractivity contribution in [2.24, 2.45) is 5.73 Å². The van der Waals surface area contributed by atoms with Gasteiger partial charge in [0.05, 0.1) is 5.02 Å². The van der Waals surface area contributed by atoms with Gasteiger partial charge in [-0.15, -0.1) is 11.8 Å². The number of halogens is 2. The van der Waals surface area contributed by atoms with Crippen molar-refractivity contribution in [1.29, 1.82) is 5.41 Å². The summed E-state index contributed by atoms with van der Waals surface area (Å²) in [6.45, 7) is 0. The van der Waals surface area contributed by atoms with Gasteiger partial charge in [-0.1, -0.05) is 29.8 Å². The molecular formula is C14H12ClFN2S. The van der Waals surface area contributed by atoms with E-state index in [4.69, 9.17) is 22.7 Å². The Kier molecular flexibility index (Phi) is 4.45. The molecule has 0 fully saturated rings. The fraction of sp³-hybridized carbons (Fsp3) is 0.0714. The first-order valence-electron chi connectivity index (χ1n) is 5.58. The molecule has 0 bridgehead atoms. The Morgan fingerprint density at radius 2 is 2.00 bits per heavy atom. The average Bonchev–Trinajstić information content (AvgIpc) is 2.38. The zero-order chi connectivity index (χ0) is 13.8. The standard InChI is InChI=1S/C14H12ClFN2S/c15-12-3-1-2-4-13(12)19-8-9-5-6-10(16)7-11(9)14(17)18/h1-7H,8H2,(H3,17,18). The van der Waals surface area contributed by atoms with E-state index in [0.717, 1.165) is 10.5 Å². The molecular weight excluding hydrogens is 283 g/mol. The van der Waals surface area contributed by atoms with Crippen LogP contribution in [-0.2, 0) is 5.75 Å². The Morgan fingerprint density at radius 1 is 1.26 bits per heavy atom. The van der Waals surface area contributed by atoms with Crippen molar-refractivity contribution in [2.45, 2.75) is 10.6 Å². The molecule has 2 aromatic carbocycles. The zero-order valence-corrected chi connectivity index (χ0v) is 11.6. The van der Waals surface area contributed by atoms with E-state index in [1.807, 2.05) is 24.3 Å². The molecule has 0 atom stereocenters. The number of nitrogens with two attached hydrogens (primary N) is 1. The smallest absolute Gasteiger partial charge is 0.123 e. The van der Waals surface area contributed by atoms with E-state index in [1.165, 1.54) is 23.9 Å². The molecule has 0 spiro atoms. The lowest BCUT2D eigenvalue weighted by molar-refractivity contribution is 0.627. The first-order valence-corrected chi connectivity index (χ1v) is 6.94. The molecule has 0 saturated carbocycles. The normalized spacial score (nSPS) is 10.4. The van der Waals surface area contributed by atoms with Crippen LogP contribution in [0.3, 0.4) is 0 Å². The van der Waals surface area contributed by atoms with Gasteiger partial charge in [-0.25, -0.2) is 4.39 Å². The van der Waals surface area contributed by atoms with Crippen LogP contribution in [-0.4, -0.2) is 5.84 Å². The molecule has 2 nitrogen and oxygen atoms in total. The lowest BCUT2D eigenvalue weighted by Gasteiger charge is -2.09. The first kappa shape index (κ1) is 13.9. The van der Waals surface area contributed by atoms with Crippen molar-refractivity contribution in [3.05, 3.63) is 64.4 Å². The summed E-state index contributed by atoms with van der Waals surface area (Å²) in [5.41, 5.74) is 6.71. The van der Waals surface area contributed by atoms with E-state index >= 15 is 0 Å². The first-order chi connectivity index (χ1) is 9.08. The number of hydrogen-bond donors (Lipinski definition) is 2. The third-order valence-electron chi connectivity index (χ3n) is 2.58. The highest BCUT2D eigenvalue weighted by molar-refractivity contribution is 7.98. The van der Waals surface area contributed by atoms with Gasteiger partial charge in [-0.05, 0) is 29.8 Å². The topological polar surface area (TPSA) is 49.9 Å². The van der Waals surface area contributed by atoms with Crippen LogP contribution in [0.25, 0.3) is 0 Å². The fourth-order valence-corrected chi connectivity index (χ4v) is 2.89. The van der Waals surface area contributed by atoms with Crippen molar-refractivity contribution < 1.29 is 4.39 Å². The van der Waals surface area contributed by atoms with Gasteiger partial charge in [0.2, 0.25) is 0 Å². The number of amidine groups is 1. The van der Waals surface area contributed by atoms with Crippen molar-refractivity contribution in [2.75, 3.05) is 0 Å². The SMILES string of the molecule is N=C(N)c1cc(F)ccc1CSc1ccccc1Cl. The van der Waals surface area contributed by atoms with Gasteiger partial charge in [0.25, 0.3) is 0 Å². The Hall–Kier alpha value is -1.52. The third kappa shape index (κ3) is 3.49. The van der Waals surface area contributed by atoms with Crippen molar-refractivity contribution >= 4 is 29.2 Å². The number of hydrogen-bond acceptors (Lipinski definition) is 2. The van der Waals surface area contributed by atoms with Crippen LogP contribution in [0.15, 0.2) is 47.4 Å². The quantitative estimate of drug-likeness (QED) is 0.507. The molecule has 0 unspecified atom stereocenters. The molecule has 0 radical (unpaired) electrons. The van der Waals surface area contributed by atoms with Crippen LogP contribution >= 0.6 is 23.4 Å². The van der Waals surface area contributed by atoms with Gasteiger partial charge in [0, 0.05) is 16.2 Å². The number of benzene rings is 2. The van der Waals surface area contributed by atoms with E-state index in [0.29, 0.717) is 16.3 Å². The van der Waals surface area contributed by atoms with Crippen LogP contribution in [0.5, 0.6) is 0 Å². The molecule has 0 aromatic heterocycles. The minimum Gasteiger partial charge on any atom is -0.384 e. The summed E-state index contributed by atoms with van der Waals surface area (Å²) in [7, 11) is 0. The molecule has 98 valence electrons. The lowest BCUT2D eigenvalue weighted by Crippen LogP contribution is -2.13. The molecule has 0 saturated heterocycles. The summed E-state index contributed by atoms with van der Waals surface area (Å²) < 4.78 is 13.2. The van der Waals surface area contributed by atoms with Crippen LogP contribution in [0.4, 0.5) is 4.39 Å². The number of nitrogen functional groups attached to an aromatic ring is 1.